The average Bonchev–Trinajstić information content (AvgIpc) is 2.41. The molecule has 0 radical (unpaired) electrons. The Morgan fingerprint density at radius 3 is 2.76 bits per heavy atom. The fourth-order valence-corrected chi connectivity index (χ4v) is 1.68. The summed E-state index contributed by atoms with van der Waals surface area (Å²) in [6.45, 7) is 0. The van der Waals surface area contributed by atoms with Crippen LogP contribution in [0.4, 0.5) is 0 Å². The summed E-state index contributed by atoms with van der Waals surface area (Å²) in [6.07, 6.45) is 1.69. The summed E-state index contributed by atoms with van der Waals surface area (Å²) >= 11 is 0. The Morgan fingerprint density at radius 1 is 1.24 bits per heavy atom. The van der Waals surface area contributed by atoms with Crippen molar-refractivity contribution in [2.45, 2.75) is 5.92 Å². The van der Waals surface area contributed by atoms with Crippen LogP contribution in [0, 0.1) is 11.3 Å². The first-order valence-corrected chi connectivity index (χ1v) is 5.29. The molecule has 1 aromatic heterocycles. The van der Waals surface area contributed by atoms with E-state index >= 15 is 0 Å². The third kappa shape index (κ3) is 2.43. The van der Waals surface area contributed by atoms with Crippen LogP contribution < -0.4 is 4.74 Å². The van der Waals surface area contributed by atoms with E-state index in [1.165, 1.54) is 0 Å². The molecular weight excluding hydrogens is 212 g/mol. The lowest BCUT2D eigenvalue weighted by molar-refractivity contribution is 0.414. The fourth-order valence-electron chi connectivity index (χ4n) is 1.68. The number of methoxy groups -OCH3 is 1. The van der Waals surface area contributed by atoms with Crippen LogP contribution in [0.15, 0.2) is 48.7 Å². The number of pyridine rings is 1. The third-order valence-electron chi connectivity index (χ3n) is 2.54. The van der Waals surface area contributed by atoms with Crippen LogP contribution in [0.1, 0.15) is 17.2 Å². The fraction of sp³-hybridized carbons (Fsp3) is 0.143. The summed E-state index contributed by atoms with van der Waals surface area (Å²) in [7, 11) is 1.61. The van der Waals surface area contributed by atoms with E-state index in [1.807, 2.05) is 42.5 Å². The maximum Gasteiger partial charge on any atom is 0.119 e. The van der Waals surface area contributed by atoms with Crippen molar-refractivity contribution < 1.29 is 4.74 Å². The molecular formula is C14H12N2O. The van der Waals surface area contributed by atoms with Crippen molar-refractivity contribution in [1.82, 2.24) is 4.98 Å². The number of aromatic nitrogens is 1. The van der Waals surface area contributed by atoms with Gasteiger partial charge in [-0.2, -0.15) is 5.26 Å². The quantitative estimate of drug-likeness (QED) is 0.805. The average molecular weight is 224 g/mol. The second-order valence-electron chi connectivity index (χ2n) is 3.59. The molecule has 0 aliphatic rings. The molecule has 0 N–H and O–H groups in total. The minimum absolute atomic E-state index is 0.355. The SMILES string of the molecule is COc1cccc(C(C#N)c2ccccn2)c1. The highest BCUT2D eigenvalue weighted by Gasteiger charge is 2.14. The zero-order chi connectivity index (χ0) is 12.1. The van der Waals surface area contributed by atoms with Crippen molar-refractivity contribution in [1.29, 1.82) is 5.26 Å². The van der Waals surface area contributed by atoms with Crippen molar-refractivity contribution in [2.75, 3.05) is 7.11 Å². The van der Waals surface area contributed by atoms with Crippen molar-refractivity contribution in [3.63, 3.8) is 0 Å². The van der Waals surface area contributed by atoms with Gasteiger partial charge in [-0.25, -0.2) is 0 Å². The topological polar surface area (TPSA) is 45.9 Å². The Morgan fingerprint density at radius 2 is 2.12 bits per heavy atom. The van der Waals surface area contributed by atoms with Gasteiger partial charge in [-0.05, 0) is 29.8 Å². The second-order valence-corrected chi connectivity index (χ2v) is 3.59. The maximum absolute atomic E-state index is 9.27. The van der Waals surface area contributed by atoms with E-state index in [0.717, 1.165) is 17.0 Å². The van der Waals surface area contributed by atoms with Crippen molar-refractivity contribution in [3.05, 3.63) is 59.9 Å². The number of nitrogens with zero attached hydrogens (tertiary/aromatic N) is 2. The van der Waals surface area contributed by atoms with Gasteiger partial charge < -0.3 is 4.74 Å². The Bertz CT molecular complexity index is 531. The molecule has 3 heteroatoms. The van der Waals surface area contributed by atoms with Crippen LogP contribution in [0.25, 0.3) is 0 Å². The zero-order valence-corrected chi connectivity index (χ0v) is 9.50. The van der Waals surface area contributed by atoms with Gasteiger partial charge >= 0.3 is 0 Å². The molecule has 3 nitrogen and oxygen atoms in total. The van der Waals surface area contributed by atoms with Crippen LogP contribution >= 0.6 is 0 Å². The van der Waals surface area contributed by atoms with Gasteiger partial charge in [-0.1, -0.05) is 18.2 Å². The highest BCUT2D eigenvalue weighted by atomic mass is 16.5. The van der Waals surface area contributed by atoms with Gasteiger partial charge in [-0.15, -0.1) is 0 Å². The standard InChI is InChI=1S/C14H12N2O/c1-17-12-6-4-5-11(9-12)13(10-15)14-7-2-3-8-16-14/h2-9,13H,1H3. The monoisotopic (exact) mass is 224 g/mol. The van der Waals surface area contributed by atoms with Crippen molar-refractivity contribution >= 4 is 0 Å². The van der Waals surface area contributed by atoms with Gasteiger partial charge in [0.25, 0.3) is 0 Å². The molecule has 0 saturated carbocycles. The summed E-state index contributed by atoms with van der Waals surface area (Å²) in [4.78, 5) is 4.22. The molecule has 0 spiro atoms. The molecule has 0 fully saturated rings. The van der Waals surface area contributed by atoms with Gasteiger partial charge in [-0.3, -0.25) is 4.98 Å². The lowest BCUT2D eigenvalue weighted by Gasteiger charge is -2.09. The summed E-state index contributed by atoms with van der Waals surface area (Å²) in [5.74, 6) is 0.394. The summed E-state index contributed by atoms with van der Waals surface area (Å²) in [6, 6.07) is 15.3. The molecule has 17 heavy (non-hydrogen) atoms. The van der Waals surface area contributed by atoms with Gasteiger partial charge in [0.2, 0.25) is 0 Å². The van der Waals surface area contributed by atoms with Crippen LogP contribution in [-0.2, 0) is 0 Å². The smallest absolute Gasteiger partial charge is 0.119 e. The van der Waals surface area contributed by atoms with Gasteiger partial charge in [0.05, 0.1) is 18.9 Å². The minimum Gasteiger partial charge on any atom is -0.497 e. The number of hydrogen-bond donors (Lipinski definition) is 0. The highest BCUT2D eigenvalue weighted by molar-refractivity contribution is 5.38. The number of nitriles is 1. The maximum atomic E-state index is 9.27. The van der Waals surface area contributed by atoms with E-state index < -0.39 is 0 Å². The van der Waals surface area contributed by atoms with E-state index in [1.54, 1.807) is 13.3 Å². The first-order valence-electron chi connectivity index (χ1n) is 5.29. The van der Waals surface area contributed by atoms with E-state index in [-0.39, 0.29) is 5.92 Å². The molecule has 84 valence electrons. The second kappa shape index (κ2) is 5.13. The predicted octanol–water partition coefficient (Wildman–Crippen LogP) is 2.75. The normalized spacial score (nSPS) is 11.5. The van der Waals surface area contributed by atoms with Gasteiger partial charge in [0.15, 0.2) is 0 Å². The van der Waals surface area contributed by atoms with Crippen molar-refractivity contribution in [3.8, 4) is 11.8 Å². The van der Waals surface area contributed by atoms with E-state index in [0.29, 0.717) is 0 Å². The Labute approximate surface area is 100 Å². The zero-order valence-electron chi connectivity index (χ0n) is 9.50. The van der Waals surface area contributed by atoms with Crippen molar-refractivity contribution in [2.24, 2.45) is 0 Å². The Hall–Kier alpha value is -2.34. The predicted molar refractivity (Wildman–Crippen MR) is 64.7 cm³/mol. The lowest BCUT2D eigenvalue weighted by Crippen LogP contribution is -2.00. The molecule has 1 heterocycles. The number of benzene rings is 1. The molecule has 0 saturated heterocycles. The molecule has 0 bridgehead atoms. The highest BCUT2D eigenvalue weighted by Crippen LogP contribution is 2.25. The van der Waals surface area contributed by atoms with E-state index in [2.05, 4.69) is 11.1 Å². The number of hydrogen-bond acceptors (Lipinski definition) is 3. The summed E-state index contributed by atoms with van der Waals surface area (Å²) in [5, 5.41) is 9.27. The van der Waals surface area contributed by atoms with E-state index in [9.17, 15) is 5.26 Å². The molecule has 0 aliphatic heterocycles. The number of rotatable bonds is 3. The molecule has 2 rings (SSSR count). The largest absolute Gasteiger partial charge is 0.497 e. The molecule has 1 aromatic carbocycles. The van der Waals surface area contributed by atoms with Gasteiger partial charge in [0.1, 0.15) is 11.7 Å². The molecule has 0 amide bonds. The van der Waals surface area contributed by atoms with Crippen LogP contribution in [0.5, 0.6) is 5.75 Å². The summed E-state index contributed by atoms with van der Waals surface area (Å²) in [5.41, 5.74) is 1.65. The molecule has 1 unspecified atom stereocenters. The van der Waals surface area contributed by atoms with Crippen LogP contribution in [-0.4, -0.2) is 12.1 Å². The Balaban J connectivity index is 2.40. The molecule has 1 atom stereocenters. The van der Waals surface area contributed by atoms with Gasteiger partial charge in [0, 0.05) is 6.20 Å². The minimum atomic E-state index is -0.355. The lowest BCUT2D eigenvalue weighted by atomic mass is 9.96. The Kier molecular flexibility index (Phi) is 3.37. The first kappa shape index (κ1) is 11.2. The summed E-state index contributed by atoms with van der Waals surface area (Å²) < 4.78 is 5.16. The van der Waals surface area contributed by atoms with Crippen LogP contribution in [0.3, 0.4) is 0 Å². The molecule has 0 aliphatic carbocycles. The first-order chi connectivity index (χ1) is 8.35. The molecule has 2 aromatic rings. The van der Waals surface area contributed by atoms with E-state index in [4.69, 9.17) is 4.74 Å². The number of ether oxygens (including phenoxy) is 1. The third-order valence-corrected chi connectivity index (χ3v) is 2.54. The van der Waals surface area contributed by atoms with Crippen LogP contribution in [0.2, 0.25) is 0 Å².